The van der Waals surface area contributed by atoms with Crippen LogP contribution >= 0.6 is 24.2 Å². The largest absolute Gasteiger partial charge is 0.354 e. The number of hydrogen-bond donors (Lipinski definition) is 2. The Balaban J connectivity index is 0.00000192. The Labute approximate surface area is 147 Å². The fraction of sp³-hybridized carbons (Fsp3) is 0.500. The lowest BCUT2D eigenvalue weighted by molar-refractivity contribution is -0.123. The van der Waals surface area contributed by atoms with E-state index < -0.39 is 0 Å². The quantitative estimate of drug-likeness (QED) is 0.862. The van der Waals surface area contributed by atoms with Crippen molar-refractivity contribution in [3.05, 3.63) is 24.3 Å². The van der Waals surface area contributed by atoms with Gasteiger partial charge in [-0.05, 0) is 44.0 Å². The first-order chi connectivity index (χ1) is 10.7. The molecular formula is C16H22ClN3O2S. The van der Waals surface area contributed by atoms with E-state index >= 15 is 0 Å². The maximum atomic E-state index is 12.2. The summed E-state index contributed by atoms with van der Waals surface area (Å²) in [5, 5.41) is 6.31. The van der Waals surface area contributed by atoms with Crippen LogP contribution in [0.4, 0.5) is 5.69 Å². The van der Waals surface area contributed by atoms with Gasteiger partial charge >= 0.3 is 0 Å². The molecule has 0 spiro atoms. The van der Waals surface area contributed by atoms with Crippen molar-refractivity contribution in [2.75, 3.05) is 36.8 Å². The first-order valence-electron chi connectivity index (χ1n) is 7.73. The number of nitrogens with one attached hydrogen (secondary N) is 2. The van der Waals surface area contributed by atoms with Crippen molar-refractivity contribution < 1.29 is 9.59 Å². The van der Waals surface area contributed by atoms with E-state index in [1.807, 2.05) is 24.3 Å². The van der Waals surface area contributed by atoms with Crippen LogP contribution in [0.1, 0.15) is 12.8 Å². The maximum Gasteiger partial charge on any atom is 0.240 e. The molecule has 0 aliphatic carbocycles. The summed E-state index contributed by atoms with van der Waals surface area (Å²) in [4.78, 5) is 26.9. The van der Waals surface area contributed by atoms with Gasteiger partial charge < -0.3 is 15.5 Å². The van der Waals surface area contributed by atoms with Crippen LogP contribution in [-0.2, 0) is 9.59 Å². The highest BCUT2D eigenvalue weighted by Crippen LogP contribution is 2.34. The number of rotatable bonds is 4. The second-order valence-corrected chi connectivity index (χ2v) is 6.77. The third-order valence-corrected chi connectivity index (χ3v) is 5.14. The average molecular weight is 356 g/mol. The minimum atomic E-state index is -0.0828. The molecule has 1 fully saturated rings. The fourth-order valence-corrected chi connectivity index (χ4v) is 3.82. The van der Waals surface area contributed by atoms with Crippen LogP contribution in [0.3, 0.4) is 0 Å². The van der Waals surface area contributed by atoms with E-state index in [1.54, 1.807) is 4.90 Å². The molecule has 2 aliphatic rings. The number of hydrogen-bond acceptors (Lipinski definition) is 4. The van der Waals surface area contributed by atoms with Gasteiger partial charge in [-0.25, -0.2) is 0 Å². The Kier molecular flexibility index (Phi) is 6.74. The molecule has 1 saturated heterocycles. The standard InChI is InChI=1S/C16H21N3O2S.ClH/c20-15(18-9-12-4-3-7-17-8-12)10-19-13-5-1-2-6-14(13)22-11-16(19)21;/h1-2,5-6,12,17H,3-4,7-11H2,(H,18,20);1H. The molecule has 1 aromatic rings. The van der Waals surface area contributed by atoms with Gasteiger partial charge in [0, 0.05) is 11.4 Å². The summed E-state index contributed by atoms with van der Waals surface area (Å²) in [5.41, 5.74) is 0.846. The predicted octanol–water partition coefficient (Wildman–Crippen LogP) is 1.66. The SMILES string of the molecule is Cl.O=C(CN1C(=O)CSc2ccccc21)NCC1CCCNC1. The summed E-state index contributed by atoms with van der Waals surface area (Å²) in [5.74, 6) is 0.813. The molecule has 1 unspecified atom stereocenters. The van der Waals surface area contributed by atoms with Crippen molar-refractivity contribution in [2.24, 2.45) is 5.92 Å². The molecule has 1 aromatic carbocycles. The number of amides is 2. The normalized spacial score (nSPS) is 20.4. The molecule has 2 N–H and O–H groups in total. The zero-order valence-corrected chi connectivity index (χ0v) is 14.5. The van der Waals surface area contributed by atoms with Crippen LogP contribution in [0.5, 0.6) is 0 Å². The van der Waals surface area contributed by atoms with E-state index in [9.17, 15) is 9.59 Å². The van der Waals surface area contributed by atoms with Crippen molar-refractivity contribution in [1.29, 1.82) is 0 Å². The molecule has 2 amide bonds. The van der Waals surface area contributed by atoms with Gasteiger partial charge in [0.1, 0.15) is 6.54 Å². The van der Waals surface area contributed by atoms with E-state index in [1.165, 1.54) is 11.8 Å². The topological polar surface area (TPSA) is 61.4 Å². The molecule has 7 heteroatoms. The average Bonchev–Trinajstić information content (AvgIpc) is 2.56. The lowest BCUT2D eigenvalue weighted by Crippen LogP contribution is -2.45. The number of thioether (sulfide) groups is 1. The Bertz CT molecular complexity index is 564. The molecule has 23 heavy (non-hydrogen) atoms. The molecule has 2 aliphatic heterocycles. The van der Waals surface area contributed by atoms with Gasteiger partial charge in [-0.15, -0.1) is 24.2 Å². The van der Waals surface area contributed by atoms with Gasteiger partial charge in [-0.2, -0.15) is 0 Å². The Morgan fingerprint density at radius 3 is 3.00 bits per heavy atom. The van der Waals surface area contributed by atoms with Crippen LogP contribution in [0.25, 0.3) is 0 Å². The fourth-order valence-electron chi connectivity index (χ4n) is 2.88. The summed E-state index contributed by atoms with van der Waals surface area (Å²) in [6.07, 6.45) is 2.31. The van der Waals surface area contributed by atoms with E-state index in [2.05, 4.69) is 10.6 Å². The number of fused-ring (bicyclic) bond motifs is 1. The minimum Gasteiger partial charge on any atom is -0.354 e. The number of carbonyl (C=O) groups excluding carboxylic acids is 2. The van der Waals surface area contributed by atoms with Crippen molar-refractivity contribution in [3.8, 4) is 0 Å². The van der Waals surface area contributed by atoms with Gasteiger partial charge in [0.15, 0.2) is 0 Å². The molecule has 5 nitrogen and oxygen atoms in total. The number of piperidine rings is 1. The van der Waals surface area contributed by atoms with Gasteiger partial charge in [-0.3, -0.25) is 9.59 Å². The number of para-hydroxylation sites is 1. The third kappa shape index (κ3) is 4.62. The second-order valence-electron chi connectivity index (χ2n) is 5.75. The Hall–Kier alpha value is -1.24. The zero-order valence-electron chi connectivity index (χ0n) is 12.9. The van der Waals surface area contributed by atoms with Gasteiger partial charge in [-0.1, -0.05) is 12.1 Å². The van der Waals surface area contributed by atoms with Crippen molar-refractivity contribution in [2.45, 2.75) is 17.7 Å². The van der Waals surface area contributed by atoms with Gasteiger partial charge in [0.05, 0.1) is 11.4 Å². The molecule has 126 valence electrons. The van der Waals surface area contributed by atoms with Crippen LogP contribution in [0.2, 0.25) is 0 Å². The summed E-state index contributed by atoms with van der Waals surface area (Å²) >= 11 is 1.53. The lowest BCUT2D eigenvalue weighted by atomic mass is 10.00. The second kappa shape index (κ2) is 8.57. The van der Waals surface area contributed by atoms with Gasteiger partial charge in [0.25, 0.3) is 0 Å². The van der Waals surface area contributed by atoms with E-state index in [0.29, 0.717) is 18.2 Å². The monoisotopic (exact) mass is 355 g/mol. The first kappa shape index (κ1) is 18.1. The smallest absolute Gasteiger partial charge is 0.240 e. The molecule has 0 radical (unpaired) electrons. The number of nitrogens with zero attached hydrogens (tertiary/aromatic N) is 1. The molecular weight excluding hydrogens is 334 g/mol. The minimum absolute atomic E-state index is 0. The Morgan fingerprint density at radius 1 is 1.39 bits per heavy atom. The van der Waals surface area contributed by atoms with Crippen LogP contribution in [-0.4, -0.2) is 43.7 Å². The number of carbonyl (C=O) groups is 2. The third-order valence-electron chi connectivity index (χ3n) is 4.10. The highest BCUT2D eigenvalue weighted by Gasteiger charge is 2.26. The van der Waals surface area contributed by atoms with Crippen LogP contribution in [0.15, 0.2) is 29.2 Å². The van der Waals surface area contributed by atoms with Crippen molar-refractivity contribution in [1.82, 2.24) is 10.6 Å². The summed E-state index contributed by atoms with van der Waals surface area (Å²) in [7, 11) is 0. The predicted molar refractivity (Wildman–Crippen MR) is 95.4 cm³/mol. The first-order valence-corrected chi connectivity index (χ1v) is 8.72. The van der Waals surface area contributed by atoms with Crippen molar-refractivity contribution >= 4 is 41.7 Å². The molecule has 0 aromatic heterocycles. The van der Waals surface area contributed by atoms with E-state index in [4.69, 9.17) is 0 Å². The van der Waals surface area contributed by atoms with Crippen LogP contribution in [0, 0.1) is 5.92 Å². The zero-order chi connectivity index (χ0) is 15.4. The summed E-state index contributed by atoms with van der Waals surface area (Å²) < 4.78 is 0. The maximum absolute atomic E-state index is 12.2. The van der Waals surface area contributed by atoms with Crippen molar-refractivity contribution in [3.63, 3.8) is 0 Å². The van der Waals surface area contributed by atoms with Gasteiger partial charge in [0.2, 0.25) is 11.8 Å². The summed E-state index contributed by atoms with van der Waals surface area (Å²) in [6, 6.07) is 7.75. The molecule has 3 rings (SSSR count). The van der Waals surface area contributed by atoms with E-state index in [0.717, 1.165) is 36.5 Å². The number of benzene rings is 1. The molecule has 2 heterocycles. The molecule has 0 bridgehead atoms. The lowest BCUT2D eigenvalue weighted by Gasteiger charge is -2.29. The highest BCUT2D eigenvalue weighted by molar-refractivity contribution is 8.00. The van der Waals surface area contributed by atoms with Crippen LogP contribution < -0.4 is 15.5 Å². The number of anilines is 1. The number of halogens is 1. The highest BCUT2D eigenvalue weighted by atomic mass is 35.5. The summed E-state index contributed by atoms with van der Waals surface area (Å²) in [6.45, 7) is 2.82. The van der Waals surface area contributed by atoms with E-state index in [-0.39, 0.29) is 30.8 Å². The Morgan fingerprint density at radius 2 is 2.22 bits per heavy atom. The molecule has 0 saturated carbocycles. The molecule has 1 atom stereocenters.